The highest BCUT2D eigenvalue weighted by molar-refractivity contribution is 5.96. The standard InChI is InChI=1S/C10H16O2/c1-6(2)8-5-4-7(3)9(11)10(8)12/h6,8,11H,4-5H2,1-3H3/t8-/m0/s1. The minimum absolute atomic E-state index is 0.0138. The number of carbonyl (C=O) groups is 1. The topological polar surface area (TPSA) is 37.3 Å². The molecule has 1 rings (SSSR count). The van der Waals surface area contributed by atoms with E-state index in [-0.39, 0.29) is 17.5 Å². The largest absolute Gasteiger partial charge is 0.504 e. The lowest BCUT2D eigenvalue weighted by atomic mass is 9.81. The number of ketones is 1. The highest BCUT2D eigenvalue weighted by Gasteiger charge is 2.29. The summed E-state index contributed by atoms with van der Waals surface area (Å²) in [6, 6.07) is 0. The van der Waals surface area contributed by atoms with E-state index in [0.29, 0.717) is 5.92 Å². The van der Waals surface area contributed by atoms with Crippen LogP contribution in [-0.2, 0) is 4.79 Å². The third kappa shape index (κ3) is 1.52. The van der Waals surface area contributed by atoms with Crippen molar-refractivity contribution in [1.82, 2.24) is 0 Å². The molecule has 0 radical (unpaired) electrons. The van der Waals surface area contributed by atoms with Gasteiger partial charge in [0.2, 0.25) is 0 Å². The maximum Gasteiger partial charge on any atom is 0.200 e. The normalized spacial score (nSPS) is 25.3. The molecule has 68 valence electrons. The Balaban J connectivity index is 2.84. The lowest BCUT2D eigenvalue weighted by Crippen LogP contribution is -2.26. The van der Waals surface area contributed by atoms with Crippen LogP contribution in [0.25, 0.3) is 0 Å². The Morgan fingerprint density at radius 1 is 1.50 bits per heavy atom. The second kappa shape index (κ2) is 3.30. The number of aliphatic hydroxyl groups excluding tert-OH is 1. The average molecular weight is 168 g/mol. The third-order valence-electron chi connectivity index (χ3n) is 2.61. The Kier molecular flexibility index (Phi) is 2.55. The molecule has 0 bridgehead atoms. The summed E-state index contributed by atoms with van der Waals surface area (Å²) in [4.78, 5) is 11.5. The zero-order chi connectivity index (χ0) is 9.30. The van der Waals surface area contributed by atoms with Gasteiger partial charge in [0.05, 0.1) is 0 Å². The van der Waals surface area contributed by atoms with Gasteiger partial charge in [0.15, 0.2) is 11.5 Å². The fraction of sp³-hybridized carbons (Fsp3) is 0.700. The summed E-state index contributed by atoms with van der Waals surface area (Å²) < 4.78 is 0. The molecule has 2 heteroatoms. The van der Waals surface area contributed by atoms with Crippen LogP contribution in [0.3, 0.4) is 0 Å². The second-order valence-corrected chi connectivity index (χ2v) is 3.88. The van der Waals surface area contributed by atoms with Gasteiger partial charge in [-0.3, -0.25) is 4.79 Å². The zero-order valence-electron chi connectivity index (χ0n) is 7.92. The molecular weight excluding hydrogens is 152 g/mol. The molecule has 0 saturated heterocycles. The third-order valence-corrected chi connectivity index (χ3v) is 2.61. The Bertz CT molecular complexity index is 226. The van der Waals surface area contributed by atoms with E-state index in [1.165, 1.54) is 0 Å². The summed E-state index contributed by atoms with van der Waals surface area (Å²) in [5.74, 6) is 0.329. The lowest BCUT2D eigenvalue weighted by molar-refractivity contribution is -0.123. The van der Waals surface area contributed by atoms with Crippen molar-refractivity contribution in [2.45, 2.75) is 33.6 Å². The molecule has 0 spiro atoms. The van der Waals surface area contributed by atoms with Crippen molar-refractivity contribution in [3.8, 4) is 0 Å². The molecule has 0 aromatic heterocycles. The van der Waals surface area contributed by atoms with E-state index in [9.17, 15) is 9.90 Å². The van der Waals surface area contributed by atoms with Crippen LogP contribution in [0.4, 0.5) is 0 Å². The van der Waals surface area contributed by atoms with Gasteiger partial charge in [-0.2, -0.15) is 0 Å². The molecule has 0 saturated carbocycles. The molecule has 0 aromatic carbocycles. The minimum atomic E-state index is -0.0613. The van der Waals surface area contributed by atoms with Crippen molar-refractivity contribution in [1.29, 1.82) is 0 Å². The molecule has 0 fully saturated rings. The first-order chi connectivity index (χ1) is 5.54. The summed E-state index contributed by atoms with van der Waals surface area (Å²) in [6.45, 7) is 5.87. The van der Waals surface area contributed by atoms with E-state index >= 15 is 0 Å². The van der Waals surface area contributed by atoms with Crippen LogP contribution in [0.5, 0.6) is 0 Å². The molecule has 1 N–H and O–H groups in total. The fourth-order valence-corrected chi connectivity index (χ4v) is 1.64. The van der Waals surface area contributed by atoms with Crippen LogP contribution in [-0.4, -0.2) is 10.9 Å². The summed E-state index contributed by atoms with van der Waals surface area (Å²) in [7, 11) is 0. The van der Waals surface area contributed by atoms with Crippen LogP contribution in [0.1, 0.15) is 33.6 Å². The summed E-state index contributed by atoms with van der Waals surface area (Å²) >= 11 is 0. The van der Waals surface area contributed by atoms with Gasteiger partial charge in [0.1, 0.15) is 0 Å². The highest BCUT2D eigenvalue weighted by Crippen LogP contribution is 2.29. The molecule has 1 aliphatic rings. The summed E-state index contributed by atoms with van der Waals surface area (Å²) in [6.07, 6.45) is 1.76. The fourth-order valence-electron chi connectivity index (χ4n) is 1.64. The Morgan fingerprint density at radius 2 is 2.08 bits per heavy atom. The van der Waals surface area contributed by atoms with Gasteiger partial charge in [-0.15, -0.1) is 0 Å². The number of aliphatic hydroxyl groups is 1. The Morgan fingerprint density at radius 3 is 2.58 bits per heavy atom. The minimum Gasteiger partial charge on any atom is -0.504 e. The molecule has 1 aliphatic carbocycles. The molecule has 0 aromatic rings. The number of Topliss-reactive ketones (excluding diaryl/α,β-unsaturated/α-hetero) is 1. The molecular formula is C10H16O2. The summed E-state index contributed by atoms with van der Waals surface area (Å²) in [5.41, 5.74) is 0.844. The molecule has 2 nitrogen and oxygen atoms in total. The maximum atomic E-state index is 11.5. The van der Waals surface area contributed by atoms with Gasteiger partial charge in [0.25, 0.3) is 0 Å². The van der Waals surface area contributed by atoms with E-state index in [2.05, 4.69) is 0 Å². The Labute approximate surface area is 73.3 Å². The number of hydrogen-bond acceptors (Lipinski definition) is 2. The van der Waals surface area contributed by atoms with Crippen molar-refractivity contribution in [2.75, 3.05) is 0 Å². The van der Waals surface area contributed by atoms with Gasteiger partial charge in [-0.05, 0) is 31.3 Å². The van der Waals surface area contributed by atoms with Gasteiger partial charge in [0, 0.05) is 5.92 Å². The van der Waals surface area contributed by atoms with E-state index in [1.54, 1.807) is 0 Å². The molecule has 0 amide bonds. The number of carbonyl (C=O) groups excluding carboxylic acids is 1. The van der Waals surface area contributed by atoms with Crippen LogP contribution in [0, 0.1) is 11.8 Å². The van der Waals surface area contributed by atoms with E-state index in [4.69, 9.17) is 0 Å². The van der Waals surface area contributed by atoms with E-state index in [1.807, 2.05) is 20.8 Å². The van der Waals surface area contributed by atoms with Crippen LogP contribution in [0.2, 0.25) is 0 Å². The van der Waals surface area contributed by atoms with Crippen molar-refractivity contribution >= 4 is 5.78 Å². The average Bonchev–Trinajstić information content (AvgIpc) is 2.00. The summed E-state index contributed by atoms with van der Waals surface area (Å²) in [5, 5.41) is 9.40. The van der Waals surface area contributed by atoms with Gasteiger partial charge in [-0.25, -0.2) is 0 Å². The number of allylic oxidation sites excluding steroid dienone is 2. The van der Waals surface area contributed by atoms with Crippen LogP contribution >= 0.6 is 0 Å². The predicted molar refractivity (Wildman–Crippen MR) is 47.9 cm³/mol. The number of rotatable bonds is 1. The SMILES string of the molecule is CC1=C(O)C(=O)[C@H](C(C)C)CC1. The van der Waals surface area contributed by atoms with Crippen molar-refractivity contribution in [3.05, 3.63) is 11.3 Å². The molecule has 0 heterocycles. The van der Waals surface area contributed by atoms with Crippen molar-refractivity contribution < 1.29 is 9.90 Å². The quantitative estimate of drug-likeness (QED) is 0.653. The van der Waals surface area contributed by atoms with E-state index < -0.39 is 0 Å². The van der Waals surface area contributed by atoms with Gasteiger partial charge < -0.3 is 5.11 Å². The molecule has 1 atom stereocenters. The first-order valence-corrected chi connectivity index (χ1v) is 4.47. The lowest BCUT2D eigenvalue weighted by Gasteiger charge is -2.24. The van der Waals surface area contributed by atoms with Crippen LogP contribution in [0.15, 0.2) is 11.3 Å². The second-order valence-electron chi connectivity index (χ2n) is 3.88. The van der Waals surface area contributed by atoms with E-state index in [0.717, 1.165) is 18.4 Å². The number of hydrogen-bond donors (Lipinski definition) is 1. The Hall–Kier alpha value is -0.790. The highest BCUT2D eigenvalue weighted by atomic mass is 16.3. The molecule has 0 aliphatic heterocycles. The predicted octanol–water partition coefficient (Wildman–Crippen LogP) is 2.45. The molecule has 0 unspecified atom stereocenters. The van der Waals surface area contributed by atoms with Crippen LogP contribution < -0.4 is 0 Å². The van der Waals surface area contributed by atoms with Gasteiger partial charge >= 0.3 is 0 Å². The maximum absolute atomic E-state index is 11.5. The smallest absolute Gasteiger partial charge is 0.200 e. The van der Waals surface area contributed by atoms with Crippen molar-refractivity contribution in [3.63, 3.8) is 0 Å². The van der Waals surface area contributed by atoms with Crippen molar-refractivity contribution in [2.24, 2.45) is 11.8 Å². The zero-order valence-corrected chi connectivity index (χ0v) is 7.92. The monoisotopic (exact) mass is 168 g/mol. The first kappa shape index (κ1) is 9.30. The van der Waals surface area contributed by atoms with Gasteiger partial charge in [-0.1, -0.05) is 13.8 Å². The first-order valence-electron chi connectivity index (χ1n) is 4.47. The molecule has 12 heavy (non-hydrogen) atoms.